The molecule has 13 nitrogen and oxygen atoms in total. The number of amides is 1. The van der Waals surface area contributed by atoms with Gasteiger partial charge in [0.2, 0.25) is 5.82 Å². The molecular formula is C29H27N11O2. The number of nitrogens with zero attached hydrogens (tertiary/aromatic N) is 9. The van der Waals surface area contributed by atoms with Crippen molar-refractivity contribution in [2.24, 2.45) is 0 Å². The quantitative estimate of drug-likeness (QED) is 0.268. The van der Waals surface area contributed by atoms with Crippen LogP contribution in [0, 0.1) is 11.8 Å². The van der Waals surface area contributed by atoms with Crippen LogP contribution in [0.4, 0.5) is 17.3 Å². The Morgan fingerprint density at radius 2 is 1.83 bits per heavy atom. The number of nitrogen functional groups attached to an aromatic ring is 1. The van der Waals surface area contributed by atoms with E-state index in [2.05, 4.69) is 57.2 Å². The van der Waals surface area contributed by atoms with Crippen LogP contribution in [0.1, 0.15) is 23.2 Å². The summed E-state index contributed by atoms with van der Waals surface area (Å²) in [5.74, 6) is 7.21. The molecule has 1 saturated heterocycles. The number of carbonyl (C=O) groups excluding carboxylic acids is 1. The van der Waals surface area contributed by atoms with Gasteiger partial charge >= 0.3 is 0 Å². The highest BCUT2D eigenvalue weighted by Gasteiger charge is 2.22. The molecule has 0 saturated carbocycles. The van der Waals surface area contributed by atoms with Crippen LogP contribution in [0.2, 0.25) is 0 Å². The lowest BCUT2D eigenvalue weighted by molar-refractivity contribution is 0.0943. The molecule has 0 bridgehead atoms. The van der Waals surface area contributed by atoms with Gasteiger partial charge in [-0.3, -0.25) is 4.79 Å². The number of nitrogens with two attached hydrogens (primary N) is 1. The molecule has 1 amide bonds. The van der Waals surface area contributed by atoms with Gasteiger partial charge < -0.3 is 26.0 Å². The molecule has 42 heavy (non-hydrogen) atoms. The average molecular weight is 562 g/mol. The van der Waals surface area contributed by atoms with Crippen molar-refractivity contribution in [3.8, 4) is 28.8 Å². The number of hydrogen-bond acceptors (Lipinski definition) is 11. The zero-order chi connectivity index (χ0) is 29.1. The van der Waals surface area contributed by atoms with Crippen LogP contribution >= 0.6 is 0 Å². The van der Waals surface area contributed by atoms with E-state index in [4.69, 9.17) is 5.73 Å². The second kappa shape index (κ2) is 11.4. The first-order chi connectivity index (χ1) is 20.4. The fourth-order valence-corrected chi connectivity index (χ4v) is 4.65. The van der Waals surface area contributed by atoms with Crippen molar-refractivity contribution in [1.82, 2.24) is 40.1 Å². The summed E-state index contributed by atoms with van der Waals surface area (Å²) in [4.78, 5) is 30.0. The van der Waals surface area contributed by atoms with Crippen LogP contribution in [-0.4, -0.2) is 78.0 Å². The molecule has 4 N–H and O–H groups in total. The van der Waals surface area contributed by atoms with Gasteiger partial charge in [0.25, 0.3) is 5.91 Å². The van der Waals surface area contributed by atoms with E-state index in [0.29, 0.717) is 54.7 Å². The molecule has 1 aromatic carbocycles. The molecule has 0 spiro atoms. The van der Waals surface area contributed by atoms with Crippen molar-refractivity contribution in [2.75, 3.05) is 41.7 Å². The summed E-state index contributed by atoms with van der Waals surface area (Å²) < 4.78 is 1.54. The highest BCUT2D eigenvalue weighted by atomic mass is 16.3. The maximum absolute atomic E-state index is 12.6. The van der Waals surface area contributed by atoms with E-state index >= 15 is 0 Å². The third kappa shape index (κ3) is 5.59. The number of phenolic OH excluding ortho intramolecular Hbond substituents is 1. The Hall–Kier alpha value is -5.77. The monoisotopic (exact) mass is 561 g/mol. The molecule has 1 atom stereocenters. The summed E-state index contributed by atoms with van der Waals surface area (Å²) in [6.45, 7) is 4.54. The fourth-order valence-electron chi connectivity index (χ4n) is 4.65. The molecule has 210 valence electrons. The molecule has 1 aliphatic heterocycles. The average Bonchev–Trinajstić information content (AvgIpc) is 3.46. The highest BCUT2D eigenvalue weighted by Crippen LogP contribution is 2.31. The zero-order valence-electron chi connectivity index (χ0n) is 22.7. The van der Waals surface area contributed by atoms with Gasteiger partial charge in [0.15, 0.2) is 17.2 Å². The van der Waals surface area contributed by atoms with Gasteiger partial charge in [-0.2, -0.15) is 5.10 Å². The molecule has 1 aliphatic rings. The van der Waals surface area contributed by atoms with Crippen molar-refractivity contribution >= 4 is 28.9 Å². The van der Waals surface area contributed by atoms with E-state index in [1.165, 1.54) is 0 Å². The van der Waals surface area contributed by atoms with E-state index in [0.717, 1.165) is 11.5 Å². The van der Waals surface area contributed by atoms with E-state index in [1.807, 2.05) is 18.2 Å². The molecule has 5 aromatic rings. The highest BCUT2D eigenvalue weighted by molar-refractivity contribution is 5.93. The largest absolute Gasteiger partial charge is 0.507 e. The lowest BCUT2D eigenvalue weighted by Crippen LogP contribution is -2.47. The topological polar surface area (TPSA) is 164 Å². The summed E-state index contributed by atoms with van der Waals surface area (Å²) in [7, 11) is 0. The van der Waals surface area contributed by atoms with Crippen LogP contribution in [0.25, 0.3) is 16.9 Å². The minimum Gasteiger partial charge on any atom is -0.507 e. The van der Waals surface area contributed by atoms with Gasteiger partial charge in [-0.15, -0.1) is 10.2 Å². The standard InChI is InChI=1S/C29H27N11O2/c1-19(33-29(42)22-18-27-32-10-4-12-40(27)37-22)7-8-25-31-11-9-26(34-25)39-15-13-38(14-16-39)23-17-21(35-36-28(23)30)20-5-2-3-6-24(20)41/h2-6,9-12,17-19,41H,13-16H2,1H3,(H2,30,36)(H,33,42)/t19-/m0/s1. The number of para-hydroxylation sites is 1. The lowest BCUT2D eigenvalue weighted by atomic mass is 10.1. The molecule has 13 heteroatoms. The van der Waals surface area contributed by atoms with Crippen LogP contribution in [0.15, 0.2) is 67.1 Å². The second-order valence-electron chi connectivity index (χ2n) is 9.65. The molecule has 5 heterocycles. The number of fused-ring (bicyclic) bond motifs is 1. The molecule has 0 aliphatic carbocycles. The molecule has 4 aromatic heterocycles. The Kier molecular flexibility index (Phi) is 7.17. The number of aromatic hydroxyl groups is 1. The number of nitrogens with one attached hydrogen (secondary N) is 1. The molecule has 1 fully saturated rings. The van der Waals surface area contributed by atoms with Gasteiger partial charge in [0.05, 0.1) is 17.4 Å². The van der Waals surface area contributed by atoms with Crippen LogP contribution in [0.5, 0.6) is 5.75 Å². The van der Waals surface area contributed by atoms with Gasteiger partial charge in [-0.05, 0) is 43.2 Å². The lowest BCUT2D eigenvalue weighted by Gasteiger charge is -2.36. The molecule has 0 unspecified atom stereocenters. The Morgan fingerprint density at radius 1 is 1.02 bits per heavy atom. The predicted molar refractivity (Wildman–Crippen MR) is 157 cm³/mol. The van der Waals surface area contributed by atoms with Crippen molar-refractivity contribution < 1.29 is 9.90 Å². The van der Waals surface area contributed by atoms with E-state index in [9.17, 15) is 9.90 Å². The molecule has 0 radical (unpaired) electrons. The number of phenols is 1. The van der Waals surface area contributed by atoms with E-state index in [1.54, 1.807) is 60.4 Å². The Morgan fingerprint density at radius 3 is 2.64 bits per heavy atom. The van der Waals surface area contributed by atoms with Crippen LogP contribution < -0.4 is 20.9 Å². The third-order valence-electron chi connectivity index (χ3n) is 6.78. The number of carbonyl (C=O) groups is 1. The summed E-state index contributed by atoms with van der Waals surface area (Å²) >= 11 is 0. The van der Waals surface area contributed by atoms with Gasteiger partial charge in [0.1, 0.15) is 11.6 Å². The summed E-state index contributed by atoms with van der Waals surface area (Å²) in [6.07, 6.45) is 5.05. The van der Waals surface area contributed by atoms with Crippen molar-refractivity contribution in [3.05, 3.63) is 78.6 Å². The summed E-state index contributed by atoms with van der Waals surface area (Å²) in [6, 6.07) is 13.6. The second-order valence-corrected chi connectivity index (χ2v) is 9.65. The third-order valence-corrected chi connectivity index (χ3v) is 6.78. The predicted octanol–water partition coefficient (Wildman–Crippen LogP) is 1.76. The number of piperazine rings is 1. The van der Waals surface area contributed by atoms with Crippen molar-refractivity contribution in [3.63, 3.8) is 0 Å². The first kappa shape index (κ1) is 26.5. The zero-order valence-corrected chi connectivity index (χ0v) is 22.7. The minimum atomic E-state index is -0.451. The van der Waals surface area contributed by atoms with Crippen LogP contribution in [-0.2, 0) is 0 Å². The van der Waals surface area contributed by atoms with E-state index in [-0.39, 0.29) is 17.4 Å². The van der Waals surface area contributed by atoms with Crippen LogP contribution in [0.3, 0.4) is 0 Å². The SMILES string of the molecule is C[C@@H](C#Cc1nccc(N2CCN(c3cc(-c4ccccc4O)nnc3N)CC2)n1)NC(=O)c1cc2ncccn2n1. The normalized spacial score (nSPS) is 13.8. The number of hydrogen-bond donors (Lipinski definition) is 3. The van der Waals surface area contributed by atoms with E-state index < -0.39 is 6.04 Å². The smallest absolute Gasteiger partial charge is 0.272 e. The number of rotatable bonds is 5. The first-order valence-electron chi connectivity index (χ1n) is 13.3. The molecule has 6 rings (SSSR count). The number of benzene rings is 1. The number of aromatic nitrogens is 7. The maximum atomic E-state index is 12.6. The maximum Gasteiger partial charge on any atom is 0.272 e. The fraction of sp³-hybridized carbons (Fsp3) is 0.207. The number of anilines is 3. The molecular weight excluding hydrogens is 534 g/mol. The summed E-state index contributed by atoms with van der Waals surface area (Å²) in [5.41, 5.74) is 8.96. The van der Waals surface area contributed by atoms with Crippen molar-refractivity contribution in [1.29, 1.82) is 0 Å². The Bertz CT molecular complexity index is 1790. The van der Waals surface area contributed by atoms with Gasteiger partial charge in [-0.1, -0.05) is 18.1 Å². The minimum absolute atomic E-state index is 0.135. The first-order valence-corrected chi connectivity index (χ1v) is 13.3. The summed E-state index contributed by atoms with van der Waals surface area (Å²) in [5, 5.41) is 25.6. The Labute approximate surface area is 241 Å². The Balaban J connectivity index is 1.09. The van der Waals surface area contributed by atoms with Gasteiger partial charge in [0, 0.05) is 56.4 Å². The van der Waals surface area contributed by atoms with Crippen molar-refractivity contribution in [2.45, 2.75) is 13.0 Å². The van der Waals surface area contributed by atoms with Gasteiger partial charge in [-0.25, -0.2) is 19.5 Å².